The van der Waals surface area contributed by atoms with Crippen LogP contribution in [0.5, 0.6) is 0 Å². The van der Waals surface area contributed by atoms with Gasteiger partial charge >= 0.3 is 0 Å². The van der Waals surface area contributed by atoms with Crippen LogP contribution >= 0.6 is 0 Å². The van der Waals surface area contributed by atoms with E-state index in [-0.39, 0.29) is 12.6 Å². The van der Waals surface area contributed by atoms with E-state index in [0.29, 0.717) is 6.54 Å². The molecule has 0 amide bonds. The maximum absolute atomic E-state index is 9.45. The molecule has 0 aliphatic carbocycles. The predicted octanol–water partition coefficient (Wildman–Crippen LogP) is 1.20. The summed E-state index contributed by atoms with van der Waals surface area (Å²) >= 11 is 0. The Hall–Kier alpha value is -1.13. The second-order valence-electron chi connectivity index (χ2n) is 4.67. The SMILES string of the molecule is Cc1ccc(CN)c(N2CCCCC2CO)n1. The average molecular weight is 235 g/mol. The number of hydrogen-bond acceptors (Lipinski definition) is 4. The standard InChI is InChI=1S/C13H21N3O/c1-10-5-6-11(8-14)13(15-10)16-7-3-2-4-12(16)9-17/h5-6,12,17H,2-4,7-9,14H2,1H3. The van der Waals surface area contributed by atoms with Gasteiger partial charge in [0.25, 0.3) is 0 Å². The molecule has 4 heteroatoms. The Morgan fingerprint density at radius 3 is 3.00 bits per heavy atom. The second kappa shape index (κ2) is 5.47. The third kappa shape index (κ3) is 2.58. The Bertz CT molecular complexity index is 381. The minimum absolute atomic E-state index is 0.194. The molecule has 1 saturated heterocycles. The smallest absolute Gasteiger partial charge is 0.133 e. The van der Waals surface area contributed by atoms with Crippen molar-refractivity contribution in [2.45, 2.75) is 38.8 Å². The molecule has 0 saturated carbocycles. The highest BCUT2D eigenvalue weighted by atomic mass is 16.3. The summed E-state index contributed by atoms with van der Waals surface area (Å²) in [4.78, 5) is 6.82. The Morgan fingerprint density at radius 1 is 1.47 bits per heavy atom. The van der Waals surface area contributed by atoms with Crippen LogP contribution in [0.3, 0.4) is 0 Å². The number of piperidine rings is 1. The molecule has 1 unspecified atom stereocenters. The van der Waals surface area contributed by atoms with E-state index in [9.17, 15) is 5.11 Å². The topological polar surface area (TPSA) is 62.4 Å². The second-order valence-corrected chi connectivity index (χ2v) is 4.67. The van der Waals surface area contributed by atoms with Gasteiger partial charge in [-0.05, 0) is 32.3 Å². The first-order valence-corrected chi connectivity index (χ1v) is 6.30. The Labute approximate surface area is 102 Å². The largest absolute Gasteiger partial charge is 0.394 e. The molecule has 1 aromatic heterocycles. The van der Waals surface area contributed by atoms with E-state index in [1.165, 1.54) is 6.42 Å². The molecule has 0 radical (unpaired) electrons. The fraction of sp³-hybridized carbons (Fsp3) is 0.615. The van der Waals surface area contributed by atoms with E-state index < -0.39 is 0 Å². The summed E-state index contributed by atoms with van der Waals surface area (Å²) in [6.07, 6.45) is 3.39. The molecule has 1 aliphatic rings. The van der Waals surface area contributed by atoms with Gasteiger partial charge in [0.15, 0.2) is 0 Å². The monoisotopic (exact) mass is 235 g/mol. The zero-order valence-electron chi connectivity index (χ0n) is 10.4. The van der Waals surface area contributed by atoms with Gasteiger partial charge in [-0.1, -0.05) is 6.07 Å². The van der Waals surface area contributed by atoms with E-state index in [1.54, 1.807) is 0 Å². The highest BCUT2D eigenvalue weighted by Gasteiger charge is 2.24. The molecule has 2 heterocycles. The number of aryl methyl sites for hydroxylation is 1. The van der Waals surface area contributed by atoms with Crippen molar-refractivity contribution in [3.05, 3.63) is 23.4 Å². The van der Waals surface area contributed by atoms with Gasteiger partial charge < -0.3 is 15.7 Å². The third-order valence-electron chi connectivity index (χ3n) is 3.43. The quantitative estimate of drug-likeness (QED) is 0.826. The fourth-order valence-electron chi connectivity index (χ4n) is 2.45. The van der Waals surface area contributed by atoms with Crippen molar-refractivity contribution in [2.24, 2.45) is 5.73 Å². The van der Waals surface area contributed by atoms with Crippen LogP contribution < -0.4 is 10.6 Å². The Balaban J connectivity index is 2.33. The van der Waals surface area contributed by atoms with Crippen LogP contribution in [0.25, 0.3) is 0 Å². The first-order valence-electron chi connectivity index (χ1n) is 6.30. The molecule has 0 aromatic carbocycles. The summed E-state index contributed by atoms with van der Waals surface area (Å²) in [5.74, 6) is 0.964. The summed E-state index contributed by atoms with van der Waals surface area (Å²) < 4.78 is 0. The summed E-state index contributed by atoms with van der Waals surface area (Å²) in [6, 6.07) is 4.23. The van der Waals surface area contributed by atoms with E-state index in [4.69, 9.17) is 5.73 Å². The predicted molar refractivity (Wildman–Crippen MR) is 68.9 cm³/mol. The summed E-state index contributed by atoms with van der Waals surface area (Å²) in [5.41, 5.74) is 7.83. The lowest BCUT2D eigenvalue weighted by Crippen LogP contribution is -2.43. The molecule has 0 bridgehead atoms. The number of aliphatic hydroxyl groups excluding tert-OH is 1. The van der Waals surface area contributed by atoms with Crippen molar-refractivity contribution in [2.75, 3.05) is 18.1 Å². The first-order chi connectivity index (χ1) is 8.26. The summed E-state index contributed by atoms with van der Waals surface area (Å²) in [6.45, 7) is 3.65. The highest BCUT2D eigenvalue weighted by Crippen LogP contribution is 2.26. The van der Waals surface area contributed by atoms with E-state index in [2.05, 4.69) is 9.88 Å². The number of aromatic nitrogens is 1. The molecular formula is C13H21N3O. The zero-order chi connectivity index (χ0) is 12.3. The van der Waals surface area contributed by atoms with Gasteiger partial charge in [-0.3, -0.25) is 0 Å². The normalized spacial score (nSPS) is 20.6. The molecule has 17 heavy (non-hydrogen) atoms. The van der Waals surface area contributed by atoms with Crippen LogP contribution in [0, 0.1) is 6.92 Å². The molecule has 3 N–H and O–H groups in total. The Morgan fingerprint density at radius 2 is 2.29 bits per heavy atom. The van der Waals surface area contributed by atoms with Gasteiger partial charge in [0.05, 0.1) is 12.6 Å². The van der Waals surface area contributed by atoms with Gasteiger partial charge in [0.2, 0.25) is 0 Å². The van der Waals surface area contributed by atoms with Crippen LogP contribution in [0.2, 0.25) is 0 Å². The minimum Gasteiger partial charge on any atom is -0.394 e. The van der Waals surface area contributed by atoms with E-state index in [1.807, 2.05) is 19.1 Å². The zero-order valence-corrected chi connectivity index (χ0v) is 10.4. The lowest BCUT2D eigenvalue weighted by molar-refractivity contribution is 0.239. The van der Waals surface area contributed by atoms with Crippen molar-refractivity contribution >= 4 is 5.82 Å². The van der Waals surface area contributed by atoms with Gasteiger partial charge in [0, 0.05) is 24.3 Å². The van der Waals surface area contributed by atoms with Crippen LogP contribution in [0.15, 0.2) is 12.1 Å². The van der Waals surface area contributed by atoms with Crippen molar-refractivity contribution in [1.82, 2.24) is 4.98 Å². The van der Waals surface area contributed by atoms with Crippen LogP contribution in [0.1, 0.15) is 30.5 Å². The third-order valence-corrected chi connectivity index (χ3v) is 3.43. The lowest BCUT2D eigenvalue weighted by atomic mass is 10.0. The molecule has 4 nitrogen and oxygen atoms in total. The number of hydrogen-bond donors (Lipinski definition) is 2. The van der Waals surface area contributed by atoms with Gasteiger partial charge in [-0.25, -0.2) is 4.98 Å². The van der Waals surface area contributed by atoms with Gasteiger partial charge in [0.1, 0.15) is 5.82 Å². The van der Waals surface area contributed by atoms with Crippen molar-refractivity contribution in [3.8, 4) is 0 Å². The molecule has 94 valence electrons. The number of aliphatic hydroxyl groups is 1. The molecular weight excluding hydrogens is 214 g/mol. The number of nitrogens with two attached hydrogens (primary N) is 1. The number of pyridine rings is 1. The minimum atomic E-state index is 0.194. The van der Waals surface area contributed by atoms with Crippen molar-refractivity contribution in [1.29, 1.82) is 0 Å². The first kappa shape index (κ1) is 12.3. The molecule has 1 aliphatic heterocycles. The van der Waals surface area contributed by atoms with Crippen LogP contribution in [-0.4, -0.2) is 29.3 Å². The maximum Gasteiger partial charge on any atom is 0.133 e. The molecule has 2 rings (SSSR count). The number of rotatable bonds is 3. The highest BCUT2D eigenvalue weighted by molar-refractivity contribution is 5.49. The Kier molecular flexibility index (Phi) is 3.97. The molecule has 1 fully saturated rings. The van der Waals surface area contributed by atoms with Gasteiger partial charge in [-0.2, -0.15) is 0 Å². The number of nitrogens with zero attached hydrogens (tertiary/aromatic N) is 2. The van der Waals surface area contributed by atoms with E-state index >= 15 is 0 Å². The molecule has 1 aromatic rings. The summed E-state index contributed by atoms with van der Waals surface area (Å²) in [7, 11) is 0. The number of anilines is 1. The van der Waals surface area contributed by atoms with Crippen molar-refractivity contribution < 1.29 is 5.11 Å². The fourth-order valence-corrected chi connectivity index (χ4v) is 2.45. The van der Waals surface area contributed by atoms with Crippen molar-refractivity contribution in [3.63, 3.8) is 0 Å². The lowest BCUT2D eigenvalue weighted by Gasteiger charge is -2.36. The van der Waals surface area contributed by atoms with Crippen LogP contribution in [-0.2, 0) is 6.54 Å². The average Bonchev–Trinajstić information content (AvgIpc) is 2.38. The summed E-state index contributed by atoms with van der Waals surface area (Å²) in [5, 5.41) is 9.45. The molecule has 1 atom stereocenters. The van der Waals surface area contributed by atoms with E-state index in [0.717, 1.165) is 36.5 Å². The molecule has 0 spiro atoms. The maximum atomic E-state index is 9.45. The van der Waals surface area contributed by atoms with Crippen LogP contribution in [0.4, 0.5) is 5.82 Å². The van der Waals surface area contributed by atoms with Gasteiger partial charge in [-0.15, -0.1) is 0 Å².